The van der Waals surface area contributed by atoms with E-state index in [2.05, 4.69) is 11.9 Å². The quantitative estimate of drug-likeness (QED) is 0.693. The molecule has 3 amide bonds. The van der Waals surface area contributed by atoms with Crippen molar-refractivity contribution < 1.29 is 9.59 Å². The summed E-state index contributed by atoms with van der Waals surface area (Å²) >= 11 is 7.46. The van der Waals surface area contributed by atoms with Gasteiger partial charge in [0.1, 0.15) is 0 Å². The number of thiophene rings is 1. The Morgan fingerprint density at radius 2 is 1.65 bits per heavy atom. The van der Waals surface area contributed by atoms with Crippen molar-refractivity contribution in [2.45, 2.75) is 24.9 Å². The van der Waals surface area contributed by atoms with Gasteiger partial charge in [-0.2, -0.15) is 0 Å². The lowest BCUT2D eigenvalue weighted by Gasteiger charge is -2.30. The Balaban J connectivity index is 1.36. The van der Waals surface area contributed by atoms with Gasteiger partial charge in [-0.25, -0.2) is 4.79 Å². The molecule has 31 heavy (non-hydrogen) atoms. The lowest BCUT2D eigenvalue weighted by molar-refractivity contribution is 0.0739. The minimum absolute atomic E-state index is 0.00952. The van der Waals surface area contributed by atoms with Gasteiger partial charge in [-0.05, 0) is 56.3 Å². The summed E-state index contributed by atoms with van der Waals surface area (Å²) in [5, 5.41) is 0.697. The summed E-state index contributed by atoms with van der Waals surface area (Å²) in [6.45, 7) is 3.23. The Kier molecular flexibility index (Phi) is 6.55. The molecule has 2 aliphatic rings. The Morgan fingerprint density at radius 3 is 2.32 bits per heavy atom. The standard InChI is InChI=1S/C23H29ClN4O2S/c1-25-12-10-18(14-25)27(3)23(30)28-13-11-19(15-28)26(2)22(29)21-9-8-20(31-21)16-4-6-17(24)7-5-16/h4-9,18-19H,10-15H2,1-3H3/t18-,19+/m1/s1. The fourth-order valence-electron chi connectivity index (χ4n) is 4.40. The van der Waals surface area contributed by atoms with Gasteiger partial charge < -0.3 is 19.6 Å². The summed E-state index contributed by atoms with van der Waals surface area (Å²) in [6.07, 6.45) is 1.82. The third kappa shape index (κ3) is 4.73. The van der Waals surface area contributed by atoms with E-state index in [0.717, 1.165) is 36.4 Å². The molecule has 0 unspecified atom stereocenters. The molecule has 2 fully saturated rings. The van der Waals surface area contributed by atoms with E-state index in [9.17, 15) is 9.59 Å². The van der Waals surface area contributed by atoms with Gasteiger partial charge in [0.2, 0.25) is 0 Å². The maximum absolute atomic E-state index is 13.1. The van der Waals surface area contributed by atoms with E-state index < -0.39 is 0 Å². The minimum atomic E-state index is 0.00952. The first kappa shape index (κ1) is 22.1. The van der Waals surface area contributed by atoms with E-state index in [1.165, 1.54) is 11.3 Å². The summed E-state index contributed by atoms with van der Waals surface area (Å²) in [5.41, 5.74) is 1.05. The minimum Gasteiger partial charge on any atom is -0.336 e. The molecule has 2 saturated heterocycles. The number of carbonyl (C=O) groups is 2. The lowest BCUT2D eigenvalue weighted by atomic mass is 10.2. The van der Waals surface area contributed by atoms with E-state index in [0.29, 0.717) is 23.0 Å². The highest BCUT2D eigenvalue weighted by Gasteiger charge is 2.35. The number of rotatable bonds is 4. The van der Waals surface area contributed by atoms with Crippen LogP contribution in [-0.2, 0) is 0 Å². The largest absolute Gasteiger partial charge is 0.336 e. The summed E-state index contributed by atoms with van der Waals surface area (Å²) in [4.78, 5) is 35.6. The molecule has 2 aromatic rings. The van der Waals surface area contributed by atoms with Gasteiger partial charge in [-0.1, -0.05) is 23.7 Å². The number of carbonyl (C=O) groups excluding carboxylic acids is 2. The molecule has 2 atom stereocenters. The summed E-state index contributed by atoms with van der Waals surface area (Å²) in [7, 11) is 5.84. The molecular formula is C23H29ClN4O2S. The van der Waals surface area contributed by atoms with E-state index in [4.69, 9.17) is 11.6 Å². The zero-order chi connectivity index (χ0) is 22.1. The molecule has 1 aromatic carbocycles. The molecule has 6 nitrogen and oxygen atoms in total. The van der Waals surface area contributed by atoms with Crippen LogP contribution in [0.15, 0.2) is 36.4 Å². The van der Waals surface area contributed by atoms with Crippen LogP contribution in [0.1, 0.15) is 22.5 Å². The third-order valence-electron chi connectivity index (χ3n) is 6.46. The fraction of sp³-hybridized carbons (Fsp3) is 0.478. The van der Waals surface area contributed by atoms with Gasteiger partial charge in [0.15, 0.2) is 0 Å². The zero-order valence-electron chi connectivity index (χ0n) is 18.3. The average Bonchev–Trinajstić information content (AvgIpc) is 3.52. The number of hydrogen-bond donors (Lipinski definition) is 0. The van der Waals surface area contributed by atoms with Gasteiger partial charge in [0.05, 0.1) is 10.9 Å². The van der Waals surface area contributed by atoms with E-state index in [-0.39, 0.29) is 24.0 Å². The van der Waals surface area contributed by atoms with Gasteiger partial charge in [0, 0.05) is 49.7 Å². The predicted molar refractivity (Wildman–Crippen MR) is 126 cm³/mol. The average molecular weight is 461 g/mol. The van der Waals surface area contributed by atoms with Crippen molar-refractivity contribution >= 4 is 34.9 Å². The Labute approximate surface area is 193 Å². The van der Waals surface area contributed by atoms with Gasteiger partial charge in [0.25, 0.3) is 5.91 Å². The van der Waals surface area contributed by atoms with Crippen molar-refractivity contribution in [2.24, 2.45) is 0 Å². The smallest absolute Gasteiger partial charge is 0.320 e. The Morgan fingerprint density at radius 1 is 0.968 bits per heavy atom. The predicted octanol–water partition coefficient (Wildman–Crippen LogP) is 3.97. The molecule has 1 aromatic heterocycles. The highest BCUT2D eigenvalue weighted by atomic mass is 35.5. The molecule has 0 aliphatic carbocycles. The molecule has 0 N–H and O–H groups in total. The second-order valence-corrected chi connectivity index (χ2v) is 10.1. The normalized spacial score (nSPS) is 21.5. The molecule has 0 radical (unpaired) electrons. The van der Waals surface area contributed by atoms with Crippen LogP contribution < -0.4 is 0 Å². The van der Waals surface area contributed by atoms with Crippen molar-refractivity contribution in [1.29, 1.82) is 0 Å². The van der Waals surface area contributed by atoms with Crippen LogP contribution in [0.2, 0.25) is 5.02 Å². The zero-order valence-corrected chi connectivity index (χ0v) is 19.8. The number of nitrogens with zero attached hydrogens (tertiary/aromatic N) is 4. The van der Waals surface area contributed by atoms with Crippen molar-refractivity contribution in [3.05, 3.63) is 46.3 Å². The van der Waals surface area contributed by atoms with Gasteiger partial charge in [-0.3, -0.25) is 4.79 Å². The molecule has 3 heterocycles. The fourth-order valence-corrected chi connectivity index (χ4v) is 5.52. The number of hydrogen-bond acceptors (Lipinski definition) is 4. The molecule has 0 bridgehead atoms. The molecule has 0 spiro atoms. The van der Waals surface area contributed by atoms with Crippen LogP contribution in [0.4, 0.5) is 4.79 Å². The summed E-state index contributed by atoms with van der Waals surface area (Å²) in [5.74, 6) is 0.00952. The molecule has 4 rings (SSSR count). The molecule has 2 aliphatic heterocycles. The van der Waals surface area contributed by atoms with Crippen LogP contribution in [0.5, 0.6) is 0 Å². The number of likely N-dealkylation sites (tertiary alicyclic amines) is 2. The van der Waals surface area contributed by atoms with E-state index in [1.807, 2.05) is 60.3 Å². The van der Waals surface area contributed by atoms with Crippen LogP contribution in [-0.4, -0.2) is 90.9 Å². The summed E-state index contributed by atoms with van der Waals surface area (Å²) in [6, 6.07) is 11.9. The Hall–Kier alpha value is -2.09. The summed E-state index contributed by atoms with van der Waals surface area (Å²) < 4.78 is 0. The van der Waals surface area contributed by atoms with Crippen molar-refractivity contribution in [3.63, 3.8) is 0 Å². The number of likely N-dealkylation sites (N-methyl/N-ethyl adjacent to an activating group) is 3. The van der Waals surface area contributed by atoms with Crippen LogP contribution in [0, 0.1) is 0 Å². The molecular weight excluding hydrogens is 432 g/mol. The highest BCUT2D eigenvalue weighted by molar-refractivity contribution is 7.17. The second-order valence-electron chi connectivity index (χ2n) is 8.57. The van der Waals surface area contributed by atoms with E-state index >= 15 is 0 Å². The molecule has 8 heteroatoms. The topological polar surface area (TPSA) is 47.1 Å². The lowest BCUT2D eigenvalue weighted by Crippen LogP contribution is -2.47. The number of benzene rings is 1. The number of urea groups is 1. The van der Waals surface area contributed by atoms with Crippen molar-refractivity contribution in [3.8, 4) is 10.4 Å². The maximum Gasteiger partial charge on any atom is 0.320 e. The van der Waals surface area contributed by atoms with Crippen LogP contribution >= 0.6 is 22.9 Å². The maximum atomic E-state index is 13.1. The molecule has 0 saturated carbocycles. The van der Waals surface area contributed by atoms with Crippen molar-refractivity contribution in [2.75, 3.05) is 47.3 Å². The van der Waals surface area contributed by atoms with Gasteiger partial charge in [-0.15, -0.1) is 11.3 Å². The highest BCUT2D eigenvalue weighted by Crippen LogP contribution is 2.30. The van der Waals surface area contributed by atoms with Crippen LogP contribution in [0.3, 0.4) is 0 Å². The SMILES string of the molecule is CN1CC[C@@H](N(C)C(=O)N2CC[C@H](N(C)C(=O)c3ccc(-c4ccc(Cl)cc4)s3)C2)C1. The van der Waals surface area contributed by atoms with Crippen molar-refractivity contribution in [1.82, 2.24) is 19.6 Å². The second kappa shape index (κ2) is 9.18. The number of amides is 3. The van der Waals surface area contributed by atoms with Gasteiger partial charge >= 0.3 is 6.03 Å². The first-order chi connectivity index (χ1) is 14.8. The molecule has 166 valence electrons. The third-order valence-corrected chi connectivity index (χ3v) is 7.84. The van der Waals surface area contributed by atoms with E-state index in [1.54, 1.807) is 4.90 Å². The Bertz CT molecular complexity index is 947. The number of halogens is 1. The first-order valence-electron chi connectivity index (χ1n) is 10.7. The first-order valence-corrected chi connectivity index (χ1v) is 11.9. The van der Waals surface area contributed by atoms with Crippen LogP contribution in [0.25, 0.3) is 10.4 Å². The monoisotopic (exact) mass is 460 g/mol.